The highest BCUT2D eigenvalue weighted by Crippen LogP contribution is 2.22. The van der Waals surface area contributed by atoms with Gasteiger partial charge in [-0.2, -0.15) is 0 Å². The van der Waals surface area contributed by atoms with Gasteiger partial charge in [0.05, 0.1) is 6.26 Å². The summed E-state index contributed by atoms with van der Waals surface area (Å²) < 4.78 is 5.27. The Labute approximate surface area is 77.0 Å². The highest BCUT2D eigenvalue weighted by atomic mass is 16.3. The summed E-state index contributed by atoms with van der Waals surface area (Å²) in [5.74, 6) is 3.44. The first-order chi connectivity index (χ1) is 6.42. The number of terminal acetylenes is 1. The molecule has 0 aliphatic carbocycles. The van der Waals surface area contributed by atoms with Crippen LogP contribution in [0.3, 0.4) is 0 Å². The summed E-state index contributed by atoms with van der Waals surface area (Å²) in [5, 5.41) is 0. The molecule has 62 valence electrons. The van der Waals surface area contributed by atoms with Crippen LogP contribution in [0.4, 0.5) is 0 Å². The highest BCUT2D eigenvalue weighted by molar-refractivity contribution is 5.66. The average molecular weight is 168 g/mol. The van der Waals surface area contributed by atoms with Crippen LogP contribution in [0, 0.1) is 12.3 Å². The molecule has 0 unspecified atom stereocenters. The van der Waals surface area contributed by atoms with E-state index in [4.69, 9.17) is 10.8 Å². The number of hydrogen-bond donors (Lipinski definition) is 0. The zero-order valence-electron chi connectivity index (χ0n) is 7.03. The second kappa shape index (κ2) is 3.20. The molecule has 1 heterocycles. The van der Waals surface area contributed by atoms with Crippen molar-refractivity contribution in [1.82, 2.24) is 0 Å². The quantitative estimate of drug-likeness (QED) is 0.597. The van der Waals surface area contributed by atoms with Gasteiger partial charge in [-0.1, -0.05) is 18.1 Å². The largest absolute Gasteiger partial charge is 0.464 e. The molecule has 1 nitrogen and oxygen atoms in total. The van der Waals surface area contributed by atoms with Crippen molar-refractivity contribution in [1.29, 1.82) is 0 Å². The van der Waals surface area contributed by atoms with E-state index in [-0.39, 0.29) is 0 Å². The summed E-state index contributed by atoms with van der Waals surface area (Å²) in [6.07, 6.45) is 7.01. The Hall–Kier alpha value is -1.94. The molecule has 0 aliphatic heterocycles. The lowest BCUT2D eigenvalue weighted by atomic mass is 10.1. The van der Waals surface area contributed by atoms with Crippen LogP contribution in [-0.2, 0) is 0 Å². The molecule has 0 radical (unpaired) electrons. The van der Waals surface area contributed by atoms with Crippen LogP contribution in [0.2, 0.25) is 0 Å². The van der Waals surface area contributed by atoms with Gasteiger partial charge in [0.15, 0.2) is 0 Å². The fourth-order valence-corrected chi connectivity index (χ4v) is 1.26. The molecular formula is C12H8O. The SMILES string of the molecule is C#Cc1ccccc1-c1ccco1. The maximum Gasteiger partial charge on any atom is 0.135 e. The van der Waals surface area contributed by atoms with Gasteiger partial charge in [0.2, 0.25) is 0 Å². The van der Waals surface area contributed by atoms with Crippen LogP contribution >= 0.6 is 0 Å². The molecule has 1 aromatic carbocycles. The van der Waals surface area contributed by atoms with Gasteiger partial charge in [-0.05, 0) is 24.3 Å². The van der Waals surface area contributed by atoms with Crippen molar-refractivity contribution in [2.45, 2.75) is 0 Å². The normalized spacial score (nSPS) is 9.46. The van der Waals surface area contributed by atoms with Gasteiger partial charge in [-0.25, -0.2) is 0 Å². The van der Waals surface area contributed by atoms with E-state index in [1.54, 1.807) is 6.26 Å². The average Bonchev–Trinajstić information content (AvgIpc) is 2.70. The summed E-state index contributed by atoms with van der Waals surface area (Å²) in [5.41, 5.74) is 1.83. The zero-order chi connectivity index (χ0) is 9.10. The summed E-state index contributed by atoms with van der Waals surface area (Å²) in [4.78, 5) is 0. The minimum atomic E-state index is 0.813. The van der Waals surface area contributed by atoms with E-state index in [1.165, 1.54) is 0 Å². The van der Waals surface area contributed by atoms with E-state index >= 15 is 0 Å². The summed E-state index contributed by atoms with van der Waals surface area (Å²) in [7, 11) is 0. The van der Waals surface area contributed by atoms with Gasteiger partial charge in [0.25, 0.3) is 0 Å². The molecule has 0 saturated heterocycles. The van der Waals surface area contributed by atoms with Crippen LogP contribution in [0.25, 0.3) is 11.3 Å². The number of benzene rings is 1. The van der Waals surface area contributed by atoms with Crippen molar-refractivity contribution in [3.05, 3.63) is 48.2 Å². The molecule has 13 heavy (non-hydrogen) atoms. The third-order valence-electron chi connectivity index (χ3n) is 1.87. The Morgan fingerprint density at radius 3 is 2.62 bits per heavy atom. The number of hydrogen-bond acceptors (Lipinski definition) is 1. The van der Waals surface area contributed by atoms with Crippen LogP contribution in [0.1, 0.15) is 5.56 Å². The molecule has 2 aromatic rings. The first-order valence-electron chi connectivity index (χ1n) is 4.01. The van der Waals surface area contributed by atoms with Crippen molar-refractivity contribution >= 4 is 0 Å². The standard InChI is InChI=1S/C12H8O/c1-2-10-6-3-4-7-11(10)12-8-5-9-13-12/h1,3-9H. The highest BCUT2D eigenvalue weighted by Gasteiger charge is 2.03. The summed E-state index contributed by atoms with van der Waals surface area (Å²) >= 11 is 0. The molecule has 0 fully saturated rings. The monoisotopic (exact) mass is 168 g/mol. The molecule has 1 heteroatoms. The van der Waals surface area contributed by atoms with Gasteiger partial charge in [0, 0.05) is 11.1 Å². The number of furan rings is 1. The maximum atomic E-state index is 5.37. The molecule has 0 spiro atoms. The second-order valence-corrected chi connectivity index (χ2v) is 2.67. The van der Waals surface area contributed by atoms with E-state index in [0.717, 1.165) is 16.9 Å². The van der Waals surface area contributed by atoms with E-state index in [1.807, 2.05) is 36.4 Å². The molecule has 0 N–H and O–H groups in total. The lowest BCUT2D eigenvalue weighted by molar-refractivity contribution is 0.582. The topological polar surface area (TPSA) is 13.1 Å². The van der Waals surface area contributed by atoms with Gasteiger partial charge in [-0.15, -0.1) is 6.42 Å². The zero-order valence-corrected chi connectivity index (χ0v) is 7.03. The molecule has 0 saturated carbocycles. The van der Waals surface area contributed by atoms with Crippen LogP contribution < -0.4 is 0 Å². The van der Waals surface area contributed by atoms with Crippen LogP contribution in [0.5, 0.6) is 0 Å². The Morgan fingerprint density at radius 1 is 1.08 bits per heavy atom. The minimum absolute atomic E-state index is 0.813. The summed E-state index contributed by atoms with van der Waals surface area (Å²) in [6, 6.07) is 11.5. The van der Waals surface area contributed by atoms with E-state index in [0.29, 0.717) is 0 Å². The Bertz CT molecular complexity index is 432. The van der Waals surface area contributed by atoms with Crippen molar-refractivity contribution in [3.8, 4) is 23.7 Å². The predicted octanol–water partition coefficient (Wildman–Crippen LogP) is 2.93. The number of rotatable bonds is 1. The lowest BCUT2D eigenvalue weighted by Crippen LogP contribution is -1.80. The molecule has 2 rings (SSSR count). The van der Waals surface area contributed by atoms with Crippen molar-refractivity contribution < 1.29 is 4.42 Å². The van der Waals surface area contributed by atoms with E-state index in [9.17, 15) is 0 Å². The van der Waals surface area contributed by atoms with Crippen LogP contribution in [-0.4, -0.2) is 0 Å². The Kier molecular flexibility index (Phi) is 1.90. The van der Waals surface area contributed by atoms with Crippen LogP contribution in [0.15, 0.2) is 47.1 Å². The maximum absolute atomic E-state index is 5.37. The predicted molar refractivity (Wildman–Crippen MR) is 52.1 cm³/mol. The molecule has 0 bridgehead atoms. The first-order valence-corrected chi connectivity index (χ1v) is 4.01. The molecule has 1 aromatic heterocycles. The smallest absolute Gasteiger partial charge is 0.135 e. The van der Waals surface area contributed by atoms with Gasteiger partial charge in [-0.3, -0.25) is 0 Å². The Balaban J connectivity index is 2.59. The summed E-state index contributed by atoms with van der Waals surface area (Å²) in [6.45, 7) is 0. The fourth-order valence-electron chi connectivity index (χ4n) is 1.26. The van der Waals surface area contributed by atoms with Gasteiger partial charge in [0.1, 0.15) is 5.76 Å². The lowest BCUT2D eigenvalue weighted by Gasteiger charge is -1.99. The molecule has 0 amide bonds. The molecule has 0 aliphatic rings. The molecule has 0 atom stereocenters. The third-order valence-corrected chi connectivity index (χ3v) is 1.87. The van der Waals surface area contributed by atoms with Crippen molar-refractivity contribution in [2.75, 3.05) is 0 Å². The second-order valence-electron chi connectivity index (χ2n) is 2.67. The van der Waals surface area contributed by atoms with Gasteiger partial charge < -0.3 is 4.42 Å². The van der Waals surface area contributed by atoms with E-state index in [2.05, 4.69) is 5.92 Å². The van der Waals surface area contributed by atoms with Crippen molar-refractivity contribution in [2.24, 2.45) is 0 Å². The first kappa shape index (κ1) is 7.70. The third kappa shape index (κ3) is 1.34. The van der Waals surface area contributed by atoms with Crippen molar-refractivity contribution in [3.63, 3.8) is 0 Å². The molecular weight excluding hydrogens is 160 g/mol. The minimum Gasteiger partial charge on any atom is -0.464 e. The van der Waals surface area contributed by atoms with E-state index < -0.39 is 0 Å². The van der Waals surface area contributed by atoms with Gasteiger partial charge >= 0.3 is 0 Å². The fraction of sp³-hybridized carbons (Fsp3) is 0. The Morgan fingerprint density at radius 2 is 1.92 bits per heavy atom.